The molecule has 0 bridgehead atoms. The summed E-state index contributed by atoms with van der Waals surface area (Å²) in [4.78, 5) is 30.8. The molecule has 1 saturated heterocycles. The highest BCUT2D eigenvalue weighted by Gasteiger charge is 2.52. The number of hydrogen-bond acceptors (Lipinski definition) is 9. The Labute approximate surface area is 196 Å². The highest BCUT2D eigenvalue weighted by Crippen LogP contribution is 2.53. The molecule has 2 aliphatic rings. The van der Waals surface area contributed by atoms with Gasteiger partial charge in [0.1, 0.15) is 5.82 Å². The van der Waals surface area contributed by atoms with E-state index in [0.29, 0.717) is 30.0 Å². The van der Waals surface area contributed by atoms with Crippen molar-refractivity contribution >= 4 is 35.1 Å². The zero-order valence-electron chi connectivity index (χ0n) is 18.9. The van der Waals surface area contributed by atoms with Crippen LogP contribution >= 0.6 is 0 Å². The SMILES string of the molecule is CCOC(=O)CC1CC2(C1)CN(c1ccc(NC(=O)c3nnc(Nc4ccccc4)o3)cn1)C2. The van der Waals surface area contributed by atoms with E-state index in [-0.39, 0.29) is 17.9 Å². The molecule has 1 amide bonds. The van der Waals surface area contributed by atoms with Crippen molar-refractivity contribution in [2.75, 3.05) is 35.2 Å². The first-order valence-corrected chi connectivity index (χ1v) is 11.4. The van der Waals surface area contributed by atoms with E-state index in [1.807, 2.05) is 43.3 Å². The number of ether oxygens (including phenoxy) is 1. The van der Waals surface area contributed by atoms with Crippen LogP contribution < -0.4 is 15.5 Å². The summed E-state index contributed by atoms with van der Waals surface area (Å²) >= 11 is 0. The second-order valence-electron chi connectivity index (χ2n) is 8.90. The van der Waals surface area contributed by atoms with Crippen molar-refractivity contribution in [1.29, 1.82) is 0 Å². The largest absolute Gasteiger partial charge is 0.466 e. The summed E-state index contributed by atoms with van der Waals surface area (Å²) in [6.07, 6.45) is 4.25. The van der Waals surface area contributed by atoms with Gasteiger partial charge in [-0.15, -0.1) is 5.10 Å². The van der Waals surface area contributed by atoms with Gasteiger partial charge in [0.15, 0.2) is 0 Å². The Morgan fingerprint density at radius 3 is 2.62 bits per heavy atom. The molecule has 1 saturated carbocycles. The molecule has 0 atom stereocenters. The lowest BCUT2D eigenvalue weighted by atomic mass is 9.57. The van der Waals surface area contributed by atoms with E-state index in [9.17, 15) is 9.59 Å². The smallest absolute Gasteiger partial charge is 0.320 e. The lowest BCUT2D eigenvalue weighted by molar-refractivity contribution is -0.146. The number of amides is 1. The van der Waals surface area contributed by atoms with Crippen LogP contribution in [0.2, 0.25) is 0 Å². The molecule has 5 rings (SSSR count). The second kappa shape index (κ2) is 9.12. The van der Waals surface area contributed by atoms with Crippen molar-refractivity contribution in [3.05, 3.63) is 54.6 Å². The third-order valence-corrected chi connectivity index (χ3v) is 6.23. The number of hydrogen-bond donors (Lipinski definition) is 2. The Morgan fingerprint density at radius 1 is 1.12 bits per heavy atom. The van der Waals surface area contributed by atoms with Crippen molar-refractivity contribution in [2.45, 2.75) is 26.2 Å². The molecule has 1 aromatic carbocycles. The van der Waals surface area contributed by atoms with Gasteiger partial charge < -0.3 is 24.7 Å². The van der Waals surface area contributed by atoms with Crippen LogP contribution in [0.15, 0.2) is 53.1 Å². The van der Waals surface area contributed by atoms with E-state index >= 15 is 0 Å². The predicted molar refractivity (Wildman–Crippen MR) is 125 cm³/mol. The highest BCUT2D eigenvalue weighted by molar-refractivity contribution is 6.00. The number of esters is 1. The Morgan fingerprint density at radius 2 is 1.91 bits per heavy atom. The second-order valence-corrected chi connectivity index (χ2v) is 8.90. The van der Waals surface area contributed by atoms with Gasteiger partial charge in [0, 0.05) is 30.6 Å². The fraction of sp³-hybridized carbons (Fsp3) is 0.375. The Balaban J connectivity index is 1.09. The molecule has 176 valence electrons. The highest BCUT2D eigenvalue weighted by atomic mass is 16.5. The molecule has 2 N–H and O–H groups in total. The van der Waals surface area contributed by atoms with Crippen LogP contribution in [0.5, 0.6) is 0 Å². The summed E-state index contributed by atoms with van der Waals surface area (Å²) in [7, 11) is 0. The van der Waals surface area contributed by atoms with Crippen LogP contribution in [0, 0.1) is 11.3 Å². The molecule has 3 aromatic rings. The maximum absolute atomic E-state index is 12.4. The average molecular weight is 463 g/mol. The van der Waals surface area contributed by atoms with E-state index < -0.39 is 5.91 Å². The standard InChI is InChI=1S/C24H26N6O4/c1-2-33-20(31)10-16-11-24(12-16)14-30(15-24)19-9-8-18(13-25-19)26-21(32)22-28-29-23(34-22)27-17-6-4-3-5-7-17/h3-9,13,16H,2,10-12,14-15H2,1H3,(H,26,32)(H,27,29). The third-order valence-electron chi connectivity index (χ3n) is 6.23. The molecule has 34 heavy (non-hydrogen) atoms. The summed E-state index contributed by atoms with van der Waals surface area (Å²) in [6.45, 7) is 4.14. The van der Waals surface area contributed by atoms with Gasteiger partial charge in [-0.1, -0.05) is 23.3 Å². The number of para-hydroxylation sites is 1. The number of anilines is 4. The molecule has 2 aromatic heterocycles. The Hall–Kier alpha value is -3.95. The van der Waals surface area contributed by atoms with E-state index in [0.717, 1.165) is 37.4 Å². The molecule has 0 radical (unpaired) electrons. The van der Waals surface area contributed by atoms with E-state index in [1.165, 1.54) is 0 Å². The van der Waals surface area contributed by atoms with Gasteiger partial charge in [-0.3, -0.25) is 9.59 Å². The molecular formula is C24H26N6O4. The fourth-order valence-electron chi connectivity index (χ4n) is 4.79. The lowest BCUT2D eigenvalue weighted by Crippen LogP contribution is -2.62. The normalized spacial score (nSPS) is 16.4. The van der Waals surface area contributed by atoms with Gasteiger partial charge in [0.25, 0.3) is 0 Å². The summed E-state index contributed by atoms with van der Waals surface area (Å²) in [5, 5.41) is 13.3. The minimum absolute atomic E-state index is 0.0953. The van der Waals surface area contributed by atoms with Crippen molar-refractivity contribution in [3.63, 3.8) is 0 Å². The van der Waals surface area contributed by atoms with Gasteiger partial charge in [-0.25, -0.2) is 4.98 Å². The number of benzene rings is 1. The van der Waals surface area contributed by atoms with Gasteiger partial charge in [0.05, 0.1) is 18.5 Å². The minimum Gasteiger partial charge on any atom is -0.466 e. The number of carbonyl (C=O) groups excluding carboxylic acids is 2. The molecule has 1 aliphatic carbocycles. The Kier molecular flexibility index (Phi) is 5.87. The number of pyridine rings is 1. The molecule has 10 nitrogen and oxygen atoms in total. The predicted octanol–water partition coefficient (Wildman–Crippen LogP) is 3.63. The van der Waals surface area contributed by atoms with E-state index in [1.54, 1.807) is 12.3 Å². The maximum atomic E-state index is 12.4. The zero-order chi connectivity index (χ0) is 23.5. The van der Waals surface area contributed by atoms with Gasteiger partial charge in [0.2, 0.25) is 0 Å². The average Bonchev–Trinajstić information content (AvgIpc) is 3.25. The van der Waals surface area contributed by atoms with E-state index in [4.69, 9.17) is 9.15 Å². The minimum atomic E-state index is -0.506. The maximum Gasteiger partial charge on any atom is 0.320 e. The lowest BCUT2D eigenvalue weighted by Gasteiger charge is -2.59. The first-order valence-electron chi connectivity index (χ1n) is 11.4. The monoisotopic (exact) mass is 462 g/mol. The zero-order valence-corrected chi connectivity index (χ0v) is 18.9. The van der Waals surface area contributed by atoms with Crippen LogP contribution in [-0.2, 0) is 9.53 Å². The Bertz CT molecular complexity index is 1150. The van der Waals surface area contributed by atoms with Crippen LogP contribution in [-0.4, -0.2) is 46.8 Å². The van der Waals surface area contributed by atoms with Crippen LogP contribution in [0.4, 0.5) is 23.2 Å². The van der Waals surface area contributed by atoms with Crippen LogP contribution in [0.1, 0.15) is 36.9 Å². The molecule has 0 unspecified atom stereocenters. The molecule has 10 heteroatoms. The number of aromatic nitrogens is 3. The fourth-order valence-corrected chi connectivity index (χ4v) is 4.79. The molecule has 1 aliphatic heterocycles. The van der Waals surface area contributed by atoms with Crippen molar-refractivity contribution < 1.29 is 18.7 Å². The van der Waals surface area contributed by atoms with Gasteiger partial charge in [-0.05, 0) is 49.9 Å². The topological polar surface area (TPSA) is 122 Å². The number of nitrogens with one attached hydrogen (secondary N) is 2. The summed E-state index contributed by atoms with van der Waals surface area (Å²) in [5.74, 6) is 0.550. The van der Waals surface area contributed by atoms with Crippen LogP contribution in [0.25, 0.3) is 0 Å². The third kappa shape index (κ3) is 4.70. The van der Waals surface area contributed by atoms with Gasteiger partial charge in [-0.2, -0.15) is 0 Å². The first-order chi connectivity index (χ1) is 16.5. The molecule has 2 fully saturated rings. The number of nitrogens with zero attached hydrogens (tertiary/aromatic N) is 4. The van der Waals surface area contributed by atoms with Crippen molar-refractivity contribution in [2.24, 2.45) is 11.3 Å². The molecular weight excluding hydrogens is 436 g/mol. The quantitative estimate of drug-likeness (QED) is 0.483. The van der Waals surface area contributed by atoms with Crippen molar-refractivity contribution in [1.82, 2.24) is 15.2 Å². The van der Waals surface area contributed by atoms with Crippen molar-refractivity contribution in [3.8, 4) is 0 Å². The van der Waals surface area contributed by atoms with E-state index in [2.05, 4.69) is 30.7 Å². The summed E-state index contributed by atoms with van der Waals surface area (Å²) in [5.41, 5.74) is 1.62. The molecule has 1 spiro atoms. The summed E-state index contributed by atoms with van der Waals surface area (Å²) in [6, 6.07) is 13.2. The summed E-state index contributed by atoms with van der Waals surface area (Å²) < 4.78 is 10.4. The number of carbonyl (C=O) groups is 2. The number of rotatable bonds is 8. The molecule has 3 heterocycles. The van der Waals surface area contributed by atoms with Crippen LogP contribution in [0.3, 0.4) is 0 Å². The first kappa shape index (κ1) is 21.9. The van der Waals surface area contributed by atoms with Gasteiger partial charge >= 0.3 is 23.8 Å².